The van der Waals surface area contributed by atoms with Gasteiger partial charge in [0.05, 0.1) is 5.56 Å². The Bertz CT molecular complexity index is 900. The molecule has 7 heteroatoms. The van der Waals surface area contributed by atoms with E-state index in [1.54, 1.807) is 31.3 Å². The highest BCUT2D eigenvalue weighted by Crippen LogP contribution is 2.36. The standard InChI is InChI=1S/C17H13ClF3N3/c1-10-9-11(18)7-8-12(10)15-22-16(24(2)23-15)13-5-3-4-6-14(13)17(19,20)21/h3-9H,1-2H3. The third-order valence-electron chi connectivity index (χ3n) is 3.67. The number of hydrogen-bond acceptors (Lipinski definition) is 2. The number of rotatable bonds is 2. The van der Waals surface area contributed by atoms with E-state index in [0.717, 1.165) is 17.2 Å². The van der Waals surface area contributed by atoms with Crippen LogP contribution in [0.15, 0.2) is 42.5 Å². The quantitative estimate of drug-likeness (QED) is 0.640. The lowest BCUT2D eigenvalue weighted by Gasteiger charge is -2.11. The summed E-state index contributed by atoms with van der Waals surface area (Å²) in [7, 11) is 1.57. The van der Waals surface area contributed by atoms with Gasteiger partial charge in [-0.3, -0.25) is 0 Å². The van der Waals surface area contributed by atoms with Crippen molar-refractivity contribution in [3.63, 3.8) is 0 Å². The first-order chi connectivity index (χ1) is 11.3. The number of aryl methyl sites for hydroxylation is 2. The van der Waals surface area contributed by atoms with E-state index in [4.69, 9.17) is 11.6 Å². The minimum atomic E-state index is -4.46. The number of aromatic nitrogens is 3. The number of alkyl halides is 3. The summed E-state index contributed by atoms with van der Waals surface area (Å²) in [5.74, 6) is 0.519. The Morgan fingerprint density at radius 2 is 1.75 bits per heavy atom. The summed E-state index contributed by atoms with van der Waals surface area (Å²) in [4.78, 5) is 4.32. The minimum Gasteiger partial charge on any atom is -0.248 e. The Morgan fingerprint density at radius 3 is 2.42 bits per heavy atom. The second-order valence-corrected chi connectivity index (χ2v) is 5.82. The molecule has 0 aliphatic rings. The molecule has 1 heterocycles. The molecule has 0 aliphatic heterocycles. The van der Waals surface area contributed by atoms with E-state index in [2.05, 4.69) is 10.1 Å². The van der Waals surface area contributed by atoms with Gasteiger partial charge in [0.2, 0.25) is 0 Å². The van der Waals surface area contributed by atoms with Crippen molar-refractivity contribution < 1.29 is 13.2 Å². The summed E-state index contributed by atoms with van der Waals surface area (Å²) in [5.41, 5.74) is 0.840. The van der Waals surface area contributed by atoms with Crippen LogP contribution in [0.25, 0.3) is 22.8 Å². The van der Waals surface area contributed by atoms with Crippen LogP contribution in [-0.2, 0) is 13.2 Å². The highest BCUT2D eigenvalue weighted by Gasteiger charge is 2.34. The van der Waals surface area contributed by atoms with Gasteiger partial charge in [-0.15, -0.1) is 0 Å². The molecule has 0 fully saturated rings. The number of halogens is 4. The van der Waals surface area contributed by atoms with Crippen molar-refractivity contribution in [3.05, 3.63) is 58.6 Å². The Kier molecular flexibility index (Phi) is 4.09. The maximum Gasteiger partial charge on any atom is 0.417 e. The van der Waals surface area contributed by atoms with Gasteiger partial charge in [0.25, 0.3) is 0 Å². The van der Waals surface area contributed by atoms with Gasteiger partial charge in [-0.05, 0) is 36.8 Å². The van der Waals surface area contributed by atoms with Gasteiger partial charge in [0.1, 0.15) is 0 Å². The zero-order valence-corrected chi connectivity index (χ0v) is 13.7. The third kappa shape index (κ3) is 3.01. The van der Waals surface area contributed by atoms with Crippen LogP contribution >= 0.6 is 11.6 Å². The second kappa shape index (κ2) is 5.94. The molecule has 0 N–H and O–H groups in total. The van der Waals surface area contributed by atoms with Gasteiger partial charge in [-0.2, -0.15) is 18.3 Å². The van der Waals surface area contributed by atoms with Crippen molar-refractivity contribution in [3.8, 4) is 22.8 Å². The van der Waals surface area contributed by atoms with Crippen molar-refractivity contribution in [2.24, 2.45) is 7.05 Å². The Morgan fingerprint density at radius 1 is 1.04 bits per heavy atom. The molecule has 0 radical (unpaired) electrons. The van der Waals surface area contributed by atoms with Gasteiger partial charge in [0, 0.05) is 23.2 Å². The molecular weight excluding hydrogens is 339 g/mol. The van der Waals surface area contributed by atoms with Crippen LogP contribution in [-0.4, -0.2) is 14.8 Å². The van der Waals surface area contributed by atoms with Crippen LogP contribution in [0.2, 0.25) is 5.02 Å². The molecule has 3 rings (SSSR count). The SMILES string of the molecule is Cc1cc(Cl)ccc1-c1nc(-c2ccccc2C(F)(F)F)n(C)n1. The maximum absolute atomic E-state index is 13.2. The van der Waals surface area contributed by atoms with Gasteiger partial charge >= 0.3 is 6.18 Å². The fraction of sp³-hybridized carbons (Fsp3) is 0.176. The first-order valence-corrected chi connectivity index (χ1v) is 7.49. The molecule has 3 nitrogen and oxygen atoms in total. The summed E-state index contributed by atoms with van der Waals surface area (Å²) in [6.07, 6.45) is -4.46. The highest BCUT2D eigenvalue weighted by atomic mass is 35.5. The summed E-state index contributed by atoms with van der Waals surface area (Å²) in [6.45, 7) is 1.85. The molecule has 24 heavy (non-hydrogen) atoms. The van der Waals surface area contributed by atoms with E-state index in [0.29, 0.717) is 10.8 Å². The first-order valence-electron chi connectivity index (χ1n) is 7.11. The molecule has 1 aromatic heterocycles. The minimum absolute atomic E-state index is 0.00198. The number of nitrogens with zero attached hydrogens (tertiary/aromatic N) is 3. The number of benzene rings is 2. The Hall–Kier alpha value is -2.34. The lowest BCUT2D eigenvalue weighted by molar-refractivity contribution is -0.137. The van der Waals surface area contributed by atoms with Gasteiger partial charge in [-0.1, -0.05) is 29.8 Å². The second-order valence-electron chi connectivity index (χ2n) is 5.39. The van der Waals surface area contributed by atoms with E-state index >= 15 is 0 Å². The lowest BCUT2D eigenvalue weighted by atomic mass is 10.1. The molecule has 3 aromatic rings. The molecule has 124 valence electrons. The van der Waals surface area contributed by atoms with Crippen molar-refractivity contribution >= 4 is 11.6 Å². The monoisotopic (exact) mass is 351 g/mol. The normalized spacial score (nSPS) is 11.8. The Balaban J connectivity index is 2.15. The predicted octanol–water partition coefficient (Wildman–Crippen LogP) is 5.13. The van der Waals surface area contributed by atoms with Crippen molar-refractivity contribution in [1.29, 1.82) is 0 Å². The molecule has 0 unspecified atom stereocenters. The summed E-state index contributed by atoms with van der Waals surface area (Å²) >= 11 is 5.94. The average Bonchev–Trinajstić information content (AvgIpc) is 2.88. The van der Waals surface area contributed by atoms with Gasteiger partial charge in [0.15, 0.2) is 11.6 Å². The summed E-state index contributed by atoms with van der Waals surface area (Å²) in [5, 5.41) is 4.84. The summed E-state index contributed by atoms with van der Waals surface area (Å²) < 4.78 is 41.1. The smallest absolute Gasteiger partial charge is 0.248 e. The van der Waals surface area contributed by atoms with Crippen molar-refractivity contribution in [2.75, 3.05) is 0 Å². The van der Waals surface area contributed by atoms with Gasteiger partial charge < -0.3 is 0 Å². The van der Waals surface area contributed by atoms with Crippen LogP contribution in [0.3, 0.4) is 0 Å². The van der Waals surface area contributed by atoms with E-state index in [1.807, 2.05) is 6.92 Å². The zero-order valence-electron chi connectivity index (χ0n) is 12.9. The molecule has 0 saturated heterocycles. The molecular formula is C17H13ClF3N3. The van der Waals surface area contributed by atoms with E-state index < -0.39 is 11.7 Å². The lowest BCUT2D eigenvalue weighted by Crippen LogP contribution is -2.08. The molecule has 0 bridgehead atoms. The highest BCUT2D eigenvalue weighted by molar-refractivity contribution is 6.30. The van der Waals surface area contributed by atoms with E-state index in [9.17, 15) is 13.2 Å². The average molecular weight is 352 g/mol. The molecule has 0 amide bonds. The third-order valence-corrected chi connectivity index (χ3v) is 3.90. The number of hydrogen-bond donors (Lipinski definition) is 0. The summed E-state index contributed by atoms with van der Waals surface area (Å²) in [6, 6.07) is 10.6. The Labute approximate surface area is 141 Å². The first kappa shape index (κ1) is 16.5. The van der Waals surface area contributed by atoms with E-state index in [-0.39, 0.29) is 11.4 Å². The predicted molar refractivity (Wildman–Crippen MR) is 86.6 cm³/mol. The van der Waals surface area contributed by atoms with Gasteiger partial charge in [-0.25, -0.2) is 9.67 Å². The molecule has 0 atom stereocenters. The van der Waals surface area contributed by atoms with Crippen molar-refractivity contribution in [2.45, 2.75) is 13.1 Å². The van der Waals surface area contributed by atoms with Crippen LogP contribution in [0, 0.1) is 6.92 Å². The molecule has 2 aromatic carbocycles. The zero-order chi connectivity index (χ0) is 17.5. The van der Waals surface area contributed by atoms with Crippen LogP contribution < -0.4 is 0 Å². The van der Waals surface area contributed by atoms with Crippen LogP contribution in [0.1, 0.15) is 11.1 Å². The van der Waals surface area contributed by atoms with Crippen molar-refractivity contribution in [1.82, 2.24) is 14.8 Å². The largest absolute Gasteiger partial charge is 0.417 e. The van der Waals surface area contributed by atoms with E-state index in [1.165, 1.54) is 16.8 Å². The molecule has 0 spiro atoms. The molecule has 0 aliphatic carbocycles. The molecule has 0 saturated carbocycles. The topological polar surface area (TPSA) is 30.7 Å². The fourth-order valence-electron chi connectivity index (χ4n) is 2.54. The van der Waals surface area contributed by atoms with Crippen LogP contribution in [0.4, 0.5) is 13.2 Å². The maximum atomic E-state index is 13.2. The van der Waals surface area contributed by atoms with Crippen LogP contribution in [0.5, 0.6) is 0 Å². The fourth-order valence-corrected chi connectivity index (χ4v) is 2.76.